The van der Waals surface area contributed by atoms with Crippen LogP contribution < -0.4 is 4.90 Å². The van der Waals surface area contributed by atoms with Gasteiger partial charge in [0.2, 0.25) is 0 Å². The fourth-order valence-electron chi connectivity index (χ4n) is 3.91. The molecule has 24 heavy (non-hydrogen) atoms. The number of piperidine rings is 1. The normalized spacial score (nSPS) is 21.2. The Bertz CT molecular complexity index is 674. The largest absolute Gasteiger partial charge is 0.372 e. The summed E-state index contributed by atoms with van der Waals surface area (Å²) in [6.07, 6.45) is 7.52. The first kappa shape index (κ1) is 15.2. The Balaban J connectivity index is 1.53. The number of hydrogen-bond acceptors (Lipinski definition) is 3. The molecule has 0 bridgehead atoms. The molecule has 1 atom stereocenters. The van der Waals surface area contributed by atoms with Crippen LogP contribution in [0, 0.1) is 0 Å². The van der Waals surface area contributed by atoms with E-state index in [2.05, 4.69) is 27.2 Å². The average molecular weight is 324 g/mol. The highest BCUT2D eigenvalue weighted by atomic mass is 16.2. The predicted molar refractivity (Wildman–Crippen MR) is 94.1 cm³/mol. The Morgan fingerprint density at radius 1 is 1.00 bits per heavy atom. The summed E-state index contributed by atoms with van der Waals surface area (Å²) in [5.74, 6) is 0.127. The number of anilines is 1. The van der Waals surface area contributed by atoms with E-state index in [1.54, 1.807) is 6.20 Å². The molecule has 2 aromatic rings. The van der Waals surface area contributed by atoms with Gasteiger partial charge in [-0.15, -0.1) is 0 Å². The van der Waals surface area contributed by atoms with Crippen LogP contribution >= 0.6 is 0 Å². The summed E-state index contributed by atoms with van der Waals surface area (Å²) in [6.45, 7) is 3.07. The number of nitrogens with one attached hydrogen (secondary N) is 1. The van der Waals surface area contributed by atoms with Crippen molar-refractivity contribution in [1.82, 2.24) is 15.1 Å². The summed E-state index contributed by atoms with van der Waals surface area (Å²) in [5.41, 5.74) is 3.05. The van der Waals surface area contributed by atoms with E-state index in [1.807, 2.05) is 23.1 Å². The molecule has 3 heterocycles. The Morgan fingerprint density at radius 3 is 2.46 bits per heavy atom. The molecular formula is C19H24N4O. The number of aromatic amines is 1. The minimum atomic E-state index is 0.118. The molecule has 5 nitrogen and oxygen atoms in total. The number of carbonyl (C=O) groups excluding carboxylic acids is 1. The molecular weight excluding hydrogens is 300 g/mol. The molecule has 0 spiro atoms. The van der Waals surface area contributed by atoms with Gasteiger partial charge in [0.15, 0.2) is 0 Å². The second-order valence-corrected chi connectivity index (χ2v) is 6.76. The van der Waals surface area contributed by atoms with Gasteiger partial charge < -0.3 is 9.80 Å². The van der Waals surface area contributed by atoms with Crippen LogP contribution in [0.25, 0.3) is 0 Å². The molecule has 0 radical (unpaired) electrons. The summed E-state index contributed by atoms with van der Waals surface area (Å²) in [7, 11) is 0. The fourth-order valence-corrected chi connectivity index (χ4v) is 3.91. The van der Waals surface area contributed by atoms with Gasteiger partial charge in [0.25, 0.3) is 5.91 Å². The first-order valence-electron chi connectivity index (χ1n) is 8.98. The monoisotopic (exact) mass is 324 g/mol. The van der Waals surface area contributed by atoms with Crippen molar-refractivity contribution < 1.29 is 4.79 Å². The van der Waals surface area contributed by atoms with Crippen LogP contribution in [0.2, 0.25) is 0 Å². The van der Waals surface area contributed by atoms with Gasteiger partial charge in [-0.25, -0.2) is 0 Å². The first-order chi connectivity index (χ1) is 11.8. The number of aromatic nitrogens is 2. The Labute approximate surface area is 142 Å². The Hall–Kier alpha value is -2.30. The van der Waals surface area contributed by atoms with E-state index in [-0.39, 0.29) is 11.9 Å². The standard InChI is InChI=1S/C19H24N4O/c24-19(15-6-8-16(9-7-15)22-12-3-4-13-22)23-14-2-1-5-18(23)17-10-11-20-21-17/h6-11,18H,1-5,12-14H2,(H,20,21). The SMILES string of the molecule is O=C(c1ccc(N2CCCC2)cc1)N1CCCCC1c1ccn[nH]1. The molecule has 2 fully saturated rings. The van der Waals surface area contributed by atoms with Crippen LogP contribution in [0.4, 0.5) is 5.69 Å². The molecule has 1 N–H and O–H groups in total. The minimum Gasteiger partial charge on any atom is -0.372 e. The van der Waals surface area contributed by atoms with E-state index < -0.39 is 0 Å². The smallest absolute Gasteiger partial charge is 0.254 e. The molecule has 1 amide bonds. The summed E-state index contributed by atoms with van der Waals surface area (Å²) in [6, 6.07) is 10.2. The zero-order chi connectivity index (χ0) is 16.4. The van der Waals surface area contributed by atoms with Crippen LogP contribution in [0.15, 0.2) is 36.5 Å². The van der Waals surface area contributed by atoms with Gasteiger partial charge in [-0.05, 0) is 62.4 Å². The van der Waals surface area contributed by atoms with E-state index in [1.165, 1.54) is 18.5 Å². The predicted octanol–water partition coefficient (Wildman–Crippen LogP) is 3.38. The molecule has 2 aliphatic rings. The van der Waals surface area contributed by atoms with Crippen LogP contribution in [0.1, 0.15) is 54.2 Å². The summed E-state index contributed by atoms with van der Waals surface area (Å²) in [5, 5.41) is 7.09. The lowest BCUT2D eigenvalue weighted by Crippen LogP contribution is -2.38. The van der Waals surface area contributed by atoms with Gasteiger partial charge in [-0.1, -0.05) is 0 Å². The molecule has 1 unspecified atom stereocenters. The molecule has 2 aliphatic heterocycles. The molecule has 4 rings (SSSR count). The molecule has 2 saturated heterocycles. The van der Waals surface area contributed by atoms with Gasteiger partial charge in [0, 0.05) is 37.1 Å². The first-order valence-corrected chi connectivity index (χ1v) is 8.98. The highest BCUT2D eigenvalue weighted by Crippen LogP contribution is 2.31. The topological polar surface area (TPSA) is 52.2 Å². The van der Waals surface area contributed by atoms with Crippen molar-refractivity contribution in [3.8, 4) is 0 Å². The summed E-state index contributed by atoms with van der Waals surface area (Å²) in [4.78, 5) is 17.4. The van der Waals surface area contributed by atoms with Gasteiger partial charge in [0.05, 0.1) is 11.7 Å². The second-order valence-electron chi connectivity index (χ2n) is 6.76. The number of benzene rings is 1. The Kier molecular flexibility index (Phi) is 4.24. The number of carbonyl (C=O) groups is 1. The van der Waals surface area contributed by atoms with E-state index in [0.717, 1.165) is 50.2 Å². The third-order valence-corrected chi connectivity index (χ3v) is 5.23. The zero-order valence-corrected chi connectivity index (χ0v) is 13.9. The van der Waals surface area contributed by atoms with Crippen molar-refractivity contribution >= 4 is 11.6 Å². The maximum atomic E-state index is 13.0. The third kappa shape index (κ3) is 2.90. The van der Waals surface area contributed by atoms with E-state index in [4.69, 9.17) is 0 Å². The number of amides is 1. The number of hydrogen-bond donors (Lipinski definition) is 1. The van der Waals surface area contributed by atoms with Gasteiger partial charge in [-0.2, -0.15) is 5.10 Å². The van der Waals surface area contributed by atoms with Crippen molar-refractivity contribution in [3.05, 3.63) is 47.8 Å². The maximum absolute atomic E-state index is 13.0. The zero-order valence-electron chi connectivity index (χ0n) is 13.9. The van der Waals surface area contributed by atoms with Crippen LogP contribution in [-0.2, 0) is 0 Å². The van der Waals surface area contributed by atoms with Crippen molar-refractivity contribution in [1.29, 1.82) is 0 Å². The highest BCUT2D eigenvalue weighted by molar-refractivity contribution is 5.95. The lowest BCUT2D eigenvalue weighted by Gasteiger charge is -2.35. The van der Waals surface area contributed by atoms with E-state index in [9.17, 15) is 4.79 Å². The lowest BCUT2D eigenvalue weighted by molar-refractivity contribution is 0.0606. The molecule has 126 valence electrons. The van der Waals surface area contributed by atoms with Crippen molar-refractivity contribution in [3.63, 3.8) is 0 Å². The van der Waals surface area contributed by atoms with Crippen molar-refractivity contribution in [2.75, 3.05) is 24.5 Å². The van der Waals surface area contributed by atoms with Gasteiger partial charge in [0.1, 0.15) is 0 Å². The average Bonchev–Trinajstić information content (AvgIpc) is 3.35. The quantitative estimate of drug-likeness (QED) is 0.942. The number of likely N-dealkylation sites (tertiary alicyclic amines) is 1. The molecule has 5 heteroatoms. The summed E-state index contributed by atoms with van der Waals surface area (Å²) < 4.78 is 0. The van der Waals surface area contributed by atoms with Gasteiger partial charge in [-0.3, -0.25) is 9.89 Å². The molecule has 1 aromatic carbocycles. The van der Waals surface area contributed by atoms with E-state index in [0.29, 0.717) is 0 Å². The Morgan fingerprint density at radius 2 is 1.75 bits per heavy atom. The number of nitrogens with zero attached hydrogens (tertiary/aromatic N) is 3. The minimum absolute atomic E-state index is 0.118. The highest BCUT2D eigenvalue weighted by Gasteiger charge is 2.29. The molecule has 1 aromatic heterocycles. The van der Waals surface area contributed by atoms with Crippen molar-refractivity contribution in [2.24, 2.45) is 0 Å². The molecule has 0 aliphatic carbocycles. The molecule has 0 saturated carbocycles. The van der Waals surface area contributed by atoms with Crippen molar-refractivity contribution in [2.45, 2.75) is 38.1 Å². The number of H-pyrrole nitrogens is 1. The van der Waals surface area contributed by atoms with Crippen LogP contribution in [0.3, 0.4) is 0 Å². The van der Waals surface area contributed by atoms with E-state index >= 15 is 0 Å². The maximum Gasteiger partial charge on any atom is 0.254 e. The summed E-state index contributed by atoms with van der Waals surface area (Å²) >= 11 is 0. The van der Waals surface area contributed by atoms with Crippen LogP contribution in [0.5, 0.6) is 0 Å². The second kappa shape index (κ2) is 6.67. The van der Waals surface area contributed by atoms with Gasteiger partial charge >= 0.3 is 0 Å². The fraction of sp³-hybridized carbons (Fsp3) is 0.474. The van der Waals surface area contributed by atoms with Crippen LogP contribution in [-0.4, -0.2) is 40.6 Å². The number of rotatable bonds is 3. The third-order valence-electron chi connectivity index (χ3n) is 5.23. The lowest BCUT2D eigenvalue weighted by atomic mass is 9.98.